The van der Waals surface area contributed by atoms with E-state index in [1.165, 1.54) is 13.2 Å². The lowest BCUT2D eigenvalue weighted by molar-refractivity contribution is 0.0946. The normalized spacial score (nSPS) is 11.4. The molecule has 0 saturated heterocycles. The number of nitrogens with zero attached hydrogens (tertiary/aromatic N) is 1. The minimum atomic E-state index is -3.58. The number of amides is 1. The Morgan fingerprint density at radius 2 is 2.35 bits per heavy atom. The highest BCUT2D eigenvalue weighted by molar-refractivity contribution is 7.89. The Hall–Kier alpha value is -1.45. The molecule has 1 aromatic rings. The Kier molecular flexibility index (Phi) is 4.61. The number of aromatic nitrogens is 1. The summed E-state index contributed by atoms with van der Waals surface area (Å²) < 4.78 is 30.8. The van der Waals surface area contributed by atoms with Gasteiger partial charge in [0.25, 0.3) is 5.91 Å². The molecule has 0 aliphatic heterocycles. The molecule has 0 unspecified atom stereocenters. The van der Waals surface area contributed by atoms with Crippen molar-refractivity contribution in [3.8, 4) is 0 Å². The third-order valence-corrected chi connectivity index (χ3v) is 2.52. The number of hydrogen-bond donors (Lipinski definition) is 2. The summed E-state index contributed by atoms with van der Waals surface area (Å²) in [5.74, 6) is -0.453. The number of primary sulfonamides is 1. The molecule has 0 aliphatic rings. The molecule has 1 amide bonds. The lowest BCUT2D eigenvalue weighted by Gasteiger charge is -2.00. The van der Waals surface area contributed by atoms with E-state index in [1.54, 1.807) is 0 Å². The predicted molar refractivity (Wildman–Crippen MR) is 57.5 cm³/mol. The van der Waals surface area contributed by atoms with Crippen molar-refractivity contribution in [2.24, 2.45) is 5.14 Å². The van der Waals surface area contributed by atoms with Gasteiger partial charge >= 0.3 is 0 Å². The van der Waals surface area contributed by atoms with Gasteiger partial charge in [0, 0.05) is 19.7 Å². The molecule has 1 aromatic heterocycles. The zero-order valence-electron chi connectivity index (χ0n) is 9.17. The topological polar surface area (TPSA) is 125 Å². The summed E-state index contributed by atoms with van der Waals surface area (Å²) in [6.07, 6.45) is 0. The van der Waals surface area contributed by atoms with Gasteiger partial charge in [-0.15, -0.1) is 0 Å². The highest BCUT2D eigenvalue weighted by Crippen LogP contribution is 2.04. The first-order valence-electron chi connectivity index (χ1n) is 4.65. The lowest BCUT2D eigenvalue weighted by atomic mass is 10.3. The fourth-order valence-corrected chi connectivity index (χ4v) is 1.41. The summed E-state index contributed by atoms with van der Waals surface area (Å²) in [6, 6.07) is 1.41. The van der Waals surface area contributed by atoms with E-state index in [0.29, 0.717) is 5.76 Å². The van der Waals surface area contributed by atoms with Gasteiger partial charge in [-0.1, -0.05) is 5.16 Å². The molecule has 3 N–H and O–H groups in total. The van der Waals surface area contributed by atoms with Crippen molar-refractivity contribution >= 4 is 15.9 Å². The monoisotopic (exact) mass is 263 g/mol. The van der Waals surface area contributed by atoms with E-state index in [-0.39, 0.29) is 24.6 Å². The Labute approximate surface area is 98.1 Å². The molecule has 1 heterocycles. The van der Waals surface area contributed by atoms with Gasteiger partial charge in [-0.2, -0.15) is 0 Å². The van der Waals surface area contributed by atoms with Crippen LogP contribution in [0.3, 0.4) is 0 Å². The van der Waals surface area contributed by atoms with Crippen molar-refractivity contribution in [1.29, 1.82) is 0 Å². The maximum atomic E-state index is 11.4. The number of carbonyl (C=O) groups is 1. The third kappa shape index (κ3) is 4.93. The summed E-state index contributed by atoms with van der Waals surface area (Å²) in [4.78, 5) is 11.4. The van der Waals surface area contributed by atoms with E-state index in [2.05, 4.69) is 10.5 Å². The molecule has 1 rings (SSSR count). The zero-order chi connectivity index (χ0) is 12.9. The zero-order valence-corrected chi connectivity index (χ0v) is 9.99. The summed E-state index contributed by atoms with van der Waals surface area (Å²) in [6.45, 7) is 0.127. The lowest BCUT2D eigenvalue weighted by Crippen LogP contribution is -2.31. The molecular weight excluding hydrogens is 250 g/mol. The molecule has 0 aromatic carbocycles. The van der Waals surface area contributed by atoms with Crippen molar-refractivity contribution in [1.82, 2.24) is 10.5 Å². The minimum absolute atomic E-state index is 0.0615. The van der Waals surface area contributed by atoms with Gasteiger partial charge in [0.05, 0.1) is 5.75 Å². The number of nitrogens with two attached hydrogens (primary N) is 1. The van der Waals surface area contributed by atoms with Crippen LogP contribution in [0.15, 0.2) is 10.6 Å². The Balaban J connectivity index is 2.46. The molecule has 0 atom stereocenters. The second-order valence-corrected chi connectivity index (χ2v) is 4.97. The smallest absolute Gasteiger partial charge is 0.273 e. The van der Waals surface area contributed by atoms with Crippen LogP contribution in [0.4, 0.5) is 0 Å². The molecule has 0 saturated carbocycles. The van der Waals surface area contributed by atoms with Gasteiger partial charge in [-0.25, -0.2) is 13.6 Å². The molecule has 0 radical (unpaired) electrons. The summed E-state index contributed by atoms with van der Waals surface area (Å²) >= 11 is 0. The second kappa shape index (κ2) is 5.75. The number of carbonyl (C=O) groups excluding carboxylic acids is 1. The number of ether oxygens (including phenoxy) is 1. The van der Waals surface area contributed by atoms with E-state index in [1.807, 2.05) is 0 Å². The van der Waals surface area contributed by atoms with Crippen LogP contribution in [0.25, 0.3) is 0 Å². The molecule has 0 bridgehead atoms. The van der Waals surface area contributed by atoms with Crippen LogP contribution < -0.4 is 10.5 Å². The SMILES string of the molecule is COCc1cc(C(=O)NCCS(N)(=O)=O)no1. The van der Waals surface area contributed by atoms with Gasteiger partial charge < -0.3 is 14.6 Å². The Morgan fingerprint density at radius 3 is 2.94 bits per heavy atom. The molecule has 0 aliphatic carbocycles. The Morgan fingerprint density at radius 1 is 1.65 bits per heavy atom. The highest BCUT2D eigenvalue weighted by atomic mass is 32.2. The number of sulfonamides is 1. The largest absolute Gasteiger partial charge is 0.377 e. The van der Waals surface area contributed by atoms with Gasteiger partial charge in [-0.05, 0) is 0 Å². The van der Waals surface area contributed by atoms with Gasteiger partial charge in [-0.3, -0.25) is 4.79 Å². The van der Waals surface area contributed by atoms with E-state index in [4.69, 9.17) is 14.4 Å². The van der Waals surface area contributed by atoms with E-state index >= 15 is 0 Å². The van der Waals surface area contributed by atoms with E-state index in [0.717, 1.165) is 0 Å². The van der Waals surface area contributed by atoms with Crippen LogP contribution in [0.1, 0.15) is 16.2 Å². The second-order valence-electron chi connectivity index (χ2n) is 3.23. The average Bonchev–Trinajstić information content (AvgIpc) is 2.65. The van der Waals surface area contributed by atoms with Crippen LogP contribution in [0, 0.1) is 0 Å². The van der Waals surface area contributed by atoms with Crippen LogP contribution in [0.2, 0.25) is 0 Å². The summed E-state index contributed by atoms with van der Waals surface area (Å²) in [5.41, 5.74) is 0.0615. The van der Waals surface area contributed by atoms with Crippen molar-refractivity contribution in [3.63, 3.8) is 0 Å². The Bertz CT molecular complexity index is 481. The molecule has 0 fully saturated rings. The minimum Gasteiger partial charge on any atom is -0.377 e. The fraction of sp³-hybridized carbons (Fsp3) is 0.500. The van der Waals surface area contributed by atoms with E-state index < -0.39 is 15.9 Å². The number of rotatable bonds is 6. The predicted octanol–water partition coefficient (Wildman–Crippen LogP) is -1.16. The highest BCUT2D eigenvalue weighted by Gasteiger charge is 2.12. The molecular formula is C8H13N3O5S. The van der Waals surface area contributed by atoms with Crippen molar-refractivity contribution in [2.75, 3.05) is 19.4 Å². The standard InChI is InChI=1S/C8H13N3O5S/c1-15-5-6-4-7(11-16-6)8(12)10-2-3-17(9,13)14/h4H,2-3,5H2,1H3,(H,10,12)(H2,9,13,14). The quantitative estimate of drug-likeness (QED) is 0.667. The van der Waals surface area contributed by atoms with Crippen molar-refractivity contribution in [3.05, 3.63) is 17.5 Å². The maximum absolute atomic E-state index is 11.4. The molecule has 0 spiro atoms. The van der Waals surface area contributed by atoms with Gasteiger partial charge in [0.15, 0.2) is 11.5 Å². The first-order valence-corrected chi connectivity index (χ1v) is 6.37. The van der Waals surface area contributed by atoms with Crippen LogP contribution in [-0.4, -0.2) is 38.9 Å². The van der Waals surface area contributed by atoms with Crippen molar-refractivity contribution < 1.29 is 22.5 Å². The number of nitrogens with one attached hydrogen (secondary N) is 1. The average molecular weight is 263 g/mol. The molecule has 17 heavy (non-hydrogen) atoms. The van der Waals surface area contributed by atoms with Gasteiger partial charge in [0.2, 0.25) is 10.0 Å². The number of methoxy groups -OCH3 is 1. The fourth-order valence-electron chi connectivity index (χ4n) is 1.03. The third-order valence-electron chi connectivity index (χ3n) is 1.75. The maximum Gasteiger partial charge on any atom is 0.273 e. The van der Waals surface area contributed by atoms with Crippen LogP contribution in [-0.2, 0) is 21.4 Å². The van der Waals surface area contributed by atoms with Crippen LogP contribution >= 0.6 is 0 Å². The van der Waals surface area contributed by atoms with E-state index in [9.17, 15) is 13.2 Å². The van der Waals surface area contributed by atoms with Gasteiger partial charge in [0.1, 0.15) is 6.61 Å². The van der Waals surface area contributed by atoms with Crippen LogP contribution in [0.5, 0.6) is 0 Å². The number of hydrogen-bond acceptors (Lipinski definition) is 6. The molecule has 9 heteroatoms. The first kappa shape index (κ1) is 13.6. The van der Waals surface area contributed by atoms with Crippen molar-refractivity contribution in [2.45, 2.75) is 6.61 Å². The summed E-state index contributed by atoms with van der Waals surface area (Å²) in [5, 5.41) is 10.6. The first-order chi connectivity index (χ1) is 7.92. The molecule has 8 nitrogen and oxygen atoms in total. The summed E-state index contributed by atoms with van der Waals surface area (Å²) in [7, 11) is -2.10. The molecule has 96 valence electrons.